The highest BCUT2D eigenvalue weighted by atomic mass is 35.5. The van der Waals surface area contributed by atoms with Crippen LogP contribution >= 0.6 is 24.2 Å². The molecule has 8 heteroatoms. The average molecular weight is 415 g/mol. The highest BCUT2D eigenvalue weighted by Gasteiger charge is 2.30. The van der Waals surface area contributed by atoms with E-state index in [1.807, 2.05) is 29.2 Å². The molecule has 1 aliphatic heterocycles. The fourth-order valence-electron chi connectivity index (χ4n) is 3.11. The first-order valence-electron chi connectivity index (χ1n) is 8.29. The Labute approximate surface area is 167 Å². The van der Waals surface area contributed by atoms with Crippen molar-refractivity contribution in [1.29, 1.82) is 0 Å². The molecule has 1 amide bonds. The van der Waals surface area contributed by atoms with Gasteiger partial charge >= 0.3 is 0 Å². The summed E-state index contributed by atoms with van der Waals surface area (Å²) in [4.78, 5) is 15.3. The number of piperazine rings is 1. The lowest BCUT2D eigenvalue weighted by Crippen LogP contribution is -2.48. The molecular weight excluding hydrogens is 394 g/mol. The van der Waals surface area contributed by atoms with Crippen molar-refractivity contribution in [3.05, 3.63) is 59.7 Å². The Balaban J connectivity index is 0.00000261. The largest absolute Gasteiger partial charge is 0.496 e. The molecule has 27 heavy (non-hydrogen) atoms. The van der Waals surface area contributed by atoms with Gasteiger partial charge in [0.05, 0.1) is 13.2 Å². The number of nitrogens with one attached hydrogen (secondary N) is 1. The van der Waals surface area contributed by atoms with Gasteiger partial charge in [-0.1, -0.05) is 30.0 Å². The monoisotopic (exact) mass is 414 g/mol. The number of para-hydroxylation sites is 1. The minimum Gasteiger partial charge on any atom is -0.496 e. The summed E-state index contributed by atoms with van der Waals surface area (Å²) in [5.74, 6) is -1.85. The zero-order valence-electron chi connectivity index (χ0n) is 14.7. The maximum atomic E-state index is 13.0. The Morgan fingerprint density at radius 3 is 2.59 bits per heavy atom. The van der Waals surface area contributed by atoms with Crippen LogP contribution in [0.1, 0.15) is 22.0 Å². The molecule has 2 aromatic carbocycles. The number of rotatable bonds is 5. The first kappa shape index (κ1) is 21.5. The van der Waals surface area contributed by atoms with E-state index in [0.29, 0.717) is 41.9 Å². The number of carbonyl (C=O) groups is 1. The van der Waals surface area contributed by atoms with Crippen LogP contribution in [0, 0.1) is 0 Å². The first-order valence-corrected chi connectivity index (χ1v) is 9.17. The van der Waals surface area contributed by atoms with Crippen LogP contribution in [0.15, 0.2) is 53.4 Å². The molecule has 1 saturated heterocycles. The van der Waals surface area contributed by atoms with Crippen LogP contribution in [0.25, 0.3) is 0 Å². The summed E-state index contributed by atoms with van der Waals surface area (Å²) in [7, 11) is 1.61. The normalized spacial score (nSPS) is 16.7. The van der Waals surface area contributed by atoms with Crippen LogP contribution in [0.5, 0.6) is 5.75 Å². The molecule has 1 heterocycles. The number of nitrogens with zero attached hydrogens (tertiary/aromatic N) is 1. The smallest absolute Gasteiger partial charge is 0.288 e. The second-order valence-electron chi connectivity index (χ2n) is 5.86. The van der Waals surface area contributed by atoms with Gasteiger partial charge in [-0.25, -0.2) is 0 Å². The molecule has 146 valence electrons. The van der Waals surface area contributed by atoms with Crippen molar-refractivity contribution in [2.45, 2.75) is 16.7 Å². The molecule has 0 radical (unpaired) electrons. The quantitative estimate of drug-likeness (QED) is 0.744. The molecule has 1 N–H and O–H groups in total. The van der Waals surface area contributed by atoms with Gasteiger partial charge in [0.2, 0.25) is 0 Å². The van der Waals surface area contributed by atoms with Crippen molar-refractivity contribution in [2.75, 3.05) is 26.7 Å². The summed E-state index contributed by atoms with van der Waals surface area (Å²) in [6, 6.07) is 13.8. The fourth-order valence-corrected chi connectivity index (χ4v) is 3.61. The number of thioether (sulfide) groups is 1. The van der Waals surface area contributed by atoms with Crippen molar-refractivity contribution in [2.24, 2.45) is 0 Å². The molecule has 0 saturated carbocycles. The van der Waals surface area contributed by atoms with Gasteiger partial charge in [0.1, 0.15) is 5.75 Å². The number of alkyl halides is 2. The SMILES string of the molecule is COc1ccccc1C1CNCCN1C(=O)c1ccc(SC(F)F)cc1.Cl. The number of halogens is 3. The Bertz CT molecular complexity index is 762. The minimum atomic E-state index is -2.47. The maximum absolute atomic E-state index is 13.0. The van der Waals surface area contributed by atoms with Crippen molar-refractivity contribution in [3.63, 3.8) is 0 Å². The molecule has 0 spiro atoms. The van der Waals surface area contributed by atoms with Gasteiger partial charge in [-0.3, -0.25) is 4.79 Å². The zero-order valence-corrected chi connectivity index (χ0v) is 16.4. The lowest BCUT2D eigenvalue weighted by molar-refractivity contribution is 0.0631. The molecule has 3 rings (SSSR count). The maximum Gasteiger partial charge on any atom is 0.288 e. The van der Waals surface area contributed by atoms with Gasteiger partial charge < -0.3 is 15.0 Å². The Morgan fingerprint density at radius 1 is 1.22 bits per heavy atom. The third kappa shape index (κ3) is 5.12. The Kier molecular flexibility index (Phi) is 7.89. The average Bonchev–Trinajstić information content (AvgIpc) is 2.67. The van der Waals surface area contributed by atoms with E-state index in [4.69, 9.17) is 4.74 Å². The highest BCUT2D eigenvalue weighted by molar-refractivity contribution is 7.99. The topological polar surface area (TPSA) is 41.6 Å². The number of benzene rings is 2. The van der Waals surface area contributed by atoms with E-state index in [9.17, 15) is 13.6 Å². The van der Waals surface area contributed by atoms with E-state index in [0.717, 1.165) is 11.3 Å². The minimum absolute atomic E-state index is 0. The van der Waals surface area contributed by atoms with Gasteiger partial charge in [0.15, 0.2) is 0 Å². The van der Waals surface area contributed by atoms with Crippen molar-refractivity contribution >= 4 is 30.1 Å². The van der Waals surface area contributed by atoms with E-state index in [1.54, 1.807) is 31.4 Å². The van der Waals surface area contributed by atoms with Gasteiger partial charge in [-0.15, -0.1) is 12.4 Å². The molecule has 1 fully saturated rings. The second kappa shape index (κ2) is 9.92. The predicted octanol–water partition coefficient (Wildman–Crippen LogP) is 4.22. The van der Waals surface area contributed by atoms with Gasteiger partial charge in [0.25, 0.3) is 11.7 Å². The summed E-state index contributed by atoms with van der Waals surface area (Å²) < 4.78 is 30.3. The van der Waals surface area contributed by atoms with Crippen molar-refractivity contribution < 1.29 is 18.3 Å². The third-order valence-corrected chi connectivity index (χ3v) is 5.05. The molecule has 1 aliphatic rings. The molecular formula is C19H21ClF2N2O2S. The third-order valence-electron chi connectivity index (χ3n) is 4.33. The summed E-state index contributed by atoms with van der Waals surface area (Å²) in [6.07, 6.45) is 0. The summed E-state index contributed by atoms with van der Waals surface area (Å²) in [5.41, 5.74) is 1.44. The van der Waals surface area contributed by atoms with Crippen LogP contribution in [0.2, 0.25) is 0 Å². The number of carbonyl (C=O) groups excluding carboxylic acids is 1. The van der Waals surface area contributed by atoms with Crippen LogP contribution in [-0.4, -0.2) is 43.3 Å². The lowest BCUT2D eigenvalue weighted by atomic mass is 10.0. The van der Waals surface area contributed by atoms with Gasteiger partial charge in [-0.05, 0) is 30.3 Å². The number of hydrogen-bond donors (Lipinski definition) is 1. The molecule has 0 bridgehead atoms. The van der Waals surface area contributed by atoms with Crippen LogP contribution in [0.4, 0.5) is 8.78 Å². The van der Waals surface area contributed by atoms with Crippen molar-refractivity contribution in [1.82, 2.24) is 10.2 Å². The molecule has 0 aromatic heterocycles. The second-order valence-corrected chi connectivity index (χ2v) is 6.93. The van der Waals surface area contributed by atoms with Gasteiger partial charge in [0, 0.05) is 35.7 Å². The summed E-state index contributed by atoms with van der Waals surface area (Å²) in [5, 5.41) is 3.32. The molecule has 1 unspecified atom stereocenters. The number of ether oxygens (including phenoxy) is 1. The van der Waals surface area contributed by atoms with Crippen LogP contribution in [0.3, 0.4) is 0 Å². The molecule has 4 nitrogen and oxygen atoms in total. The van der Waals surface area contributed by atoms with Gasteiger partial charge in [-0.2, -0.15) is 8.78 Å². The molecule has 0 aliphatic carbocycles. The fraction of sp³-hybridized carbons (Fsp3) is 0.316. The van der Waals surface area contributed by atoms with Crippen LogP contribution < -0.4 is 10.1 Å². The standard InChI is InChI=1S/C19H20F2N2O2S.ClH/c1-25-17-5-3-2-4-15(17)16-12-22-10-11-23(16)18(24)13-6-8-14(9-7-13)26-19(20)21;/h2-9,16,19,22H,10-12H2,1H3;1H. The predicted molar refractivity (Wildman–Crippen MR) is 105 cm³/mol. The van der Waals surface area contributed by atoms with Crippen molar-refractivity contribution in [3.8, 4) is 5.75 Å². The number of methoxy groups -OCH3 is 1. The molecule has 1 atom stereocenters. The summed E-state index contributed by atoms with van der Waals surface area (Å²) in [6.45, 7) is 1.90. The van der Waals surface area contributed by atoms with Crippen LogP contribution in [-0.2, 0) is 0 Å². The lowest BCUT2D eigenvalue weighted by Gasteiger charge is -2.37. The number of amides is 1. The Hall–Kier alpha value is -1.83. The summed E-state index contributed by atoms with van der Waals surface area (Å²) >= 11 is 0.472. The molecule has 2 aromatic rings. The van der Waals surface area contributed by atoms with E-state index >= 15 is 0 Å². The van der Waals surface area contributed by atoms with E-state index in [2.05, 4.69) is 5.32 Å². The zero-order chi connectivity index (χ0) is 18.5. The van der Waals surface area contributed by atoms with E-state index in [1.165, 1.54) is 0 Å². The first-order chi connectivity index (χ1) is 12.6. The van der Waals surface area contributed by atoms with E-state index in [-0.39, 0.29) is 24.4 Å². The van der Waals surface area contributed by atoms with E-state index < -0.39 is 5.76 Å². The highest BCUT2D eigenvalue weighted by Crippen LogP contribution is 2.31. The number of hydrogen-bond acceptors (Lipinski definition) is 4. The Morgan fingerprint density at radius 2 is 1.93 bits per heavy atom.